The van der Waals surface area contributed by atoms with Crippen LogP contribution in [0, 0.1) is 13.8 Å². The van der Waals surface area contributed by atoms with Crippen molar-refractivity contribution >= 4 is 5.84 Å². The van der Waals surface area contributed by atoms with Crippen molar-refractivity contribution in [1.82, 2.24) is 0 Å². The van der Waals surface area contributed by atoms with E-state index in [0.29, 0.717) is 5.84 Å². The lowest BCUT2D eigenvalue weighted by molar-refractivity contribution is 0.0594. The zero-order valence-corrected chi connectivity index (χ0v) is 15.0. The third-order valence-electron chi connectivity index (χ3n) is 5.23. The van der Waals surface area contributed by atoms with E-state index < -0.39 is 5.60 Å². The van der Waals surface area contributed by atoms with Crippen LogP contribution in [-0.2, 0) is 18.4 Å². The molecular weight excluding hydrogens is 296 g/mol. The molecule has 1 aliphatic carbocycles. The molecule has 1 aliphatic rings. The van der Waals surface area contributed by atoms with Gasteiger partial charge in [-0.3, -0.25) is 4.99 Å². The third kappa shape index (κ3) is 2.96. The second kappa shape index (κ2) is 6.06. The predicted molar refractivity (Wildman–Crippen MR) is 99.7 cm³/mol. The van der Waals surface area contributed by atoms with E-state index in [0.717, 1.165) is 36.0 Å². The fraction of sp³-hybridized carbons (Fsp3) is 0.381. The molecule has 0 fully saturated rings. The number of nitrogens with two attached hydrogens (primary N) is 1. The first-order valence-electron chi connectivity index (χ1n) is 8.49. The Hall–Kier alpha value is -2.13. The van der Waals surface area contributed by atoms with Crippen LogP contribution in [0.25, 0.3) is 0 Å². The summed E-state index contributed by atoms with van der Waals surface area (Å²) in [6.45, 7) is 6.11. The van der Waals surface area contributed by atoms with E-state index in [4.69, 9.17) is 5.73 Å². The van der Waals surface area contributed by atoms with Gasteiger partial charge in [-0.2, -0.15) is 0 Å². The minimum atomic E-state index is -0.688. The van der Waals surface area contributed by atoms with E-state index in [9.17, 15) is 5.11 Å². The van der Waals surface area contributed by atoms with Gasteiger partial charge in [0.05, 0.1) is 5.60 Å². The average Bonchev–Trinajstić information content (AvgIpc) is 2.85. The smallest absolute Gasteiger partial charge is 0.125 e. The molecule has 0 radical (unpaired) electrons. The molecule has 3 heteroatoms. The van der Waals surface area contributed by atoms with Crippen molar-refractivity contribution in [2.45, 2.75) is 45.6 Å². The molecular formula is C21H26N2O. The van der Waals surface area contributed by atoms with Gasteiger partial charge in [-0.15, -0.1) is 0 Å². The summed E-state index contributed by atoms with van der Waals surface area (Å²) in [4.78, 5) is 4.10. The van der Waals surface area contributed by atoms with E-state index >= 15 is 0 Å². The Morgan fingerprint density at radius 2 is 1.96 bits per heavy atom. The number of amidine groups is 1. The first kappa shape index (κ1) is 16.7. The topological polar surface area (TPSA) is 58.6 Å². The summed E-state index contributed by atoms with van der Waals surface area (Å²) in [7, 11) is 1.72. The van der Waals surface area contributed by atoms with Crippen LogP contribution in [0.4, 0.5) is 0 Å². The van der Waals surface area contributed by atoms with Crippen LogP contribution in [0.15, 0.2) is 35.3 Å². The maximum Gasteiger partial charge on any atom is 0.125 e. The summed E-state index contributed by atoms with van der Waals surface area (Å²) in [5.41, 5.74) is 13.6. The number of aliphatic hydroxyl groups is 1. The Bertz CT molecular complexity index is 819. The molecule has 2 aromatic carbocycles. The number of aryl methyl sites for hydroxylation is 3. The maximum atomic E-state index is 10.5. The van der Waals surface area contributed by atoms with Gasteiger partial charge in [0, 0.05) is 12.6 Å². The fourth-order valence-corrected chi connectivity index (χ4v) is 3.65. The van der Waals surface area contributed by atoms with Gasteiger partial charge in [-0.1, -0.05) is 24.3 Å². The number of benzene rings is 2. The lowest BCUT2D eigenvalue weighted by atomic mass is 9.92. The van der Waals surface area contributed by atoms with E-state index in [1.807, 2.05) is 6.92 Å². The third-order valence-corrected chi connectivity index (χ3v) is 5.23. The van der Waals surface area contributed by atoms with Gasteiger partial charge in [0.15, 0.2) is 0 Å². The van der Waals surface area contributed by atoms with Crippen LogP contribution >= 0.6 is 0 Å². The van der Waals surface area contributed by atoms with Gasteiger partial charge in [-0.05, 0) is 79.5 Å². The molecule has 1 atom stereocenters. The summed E-state index contributed by atoms with van der Waals surface area (Å²) >= 11 is 0. The van der Waals surface area contributed by atoms with Gasteiger partial charge >= 0.3 is 0 Å². The van der Waals surface area contributed by atoms with Crippen molar-refractivity contribution in [2.24, 2.45) is 10.7 Å². The minimum Gasteiger partial charge on any atom is -0.385 e. The van der Waals surface area contributed by atoms with Gasteiger partial charge in [0.25, 0.3) is 0 Å². The normalized spacial score (nSPS) is 20.3. The number of nitrogens with zero attached hydrogens (tertiary/aromatic N) is 1. The number of hydrogen-bond donors (Lipinski definition) is 2. The van der Waals surface area contributed by atoms with Crippen molar-refractivity contribution in [3.05, 3.63) is 69.3 Å². The van der Waals surface area contributed by atoms with Crippen LogP contribution in [0.2, 0.25) is 0 Å². The number of fused-ring (bicyclic) bond motifs is 1. The molecule has 3 nitrogen and oxygen atoms in total. The molecule has 0 saturated carbocycles. The quantitative estimate of drug-likeness (QED) is 0.672. The highest BCUT2D eigenvalue weighted by atomic mass is 16.3. The molecule has 1 unspecified atom stereocenters. The summed E-state index contributed by atoms with van der Waals surface area (Å²) in [5.74, 6) is 0.579. The molecule has 126 valence electrons. The predicted octanol–water partition coefficient (Wildman–Crippen LogP) is 3.38. The summed E-state index contributed by atoms with van der Waals surface area (Å²) < 4.78 is 0. The largest absolute Gasteiger partial charge is 0.385 e. The lowest BCUT2D eigenvalue weighted by Crippen LogP contribution is -2.16. The van der Waals surface area contributed by atoms with Crippen LogP contribution < -0.4 is 5.73 Å². The van der Waals surface area contributed by atoms with Crippen molar-refractivity contribution < 1.29 is 5.11 Å². The minimum absolute atomic E-state index is 0.579. The zero-order valence-electron chi connectivity index (χ0n) is 15.0. The van der Waals surface area contributed by atoms with E-state index in [2.05, 4.69) is 49.2 Å². The monoisotopic (exact) mass is 322 g/mol. The van der Waals surface area contributed by atoms with Gasteiger partial charge in [0.2, 0.25) is 0 Å². The van der Waals surface area contributed by atoms with Gasteiger partial charge < -0.3 is 10.8 Å². The molecule has 0 amide bonds. The molecule has 0 aliphatic heterocycles. The van der Waals surface area contributed by atoms with E-state index in [1.165, 1.54) is 22.3 Å². The van der Waals surface area contributed by atoms with Gasteiger partial charge in [0.1, 0.15) is 5.84 Å². The first-order valence-corrected chi connectivity index (χ1v) is 8.49. The first-order chi connectivity index (χ1) is 11.3. The molecule has 24 heavy (non-hydrogen) atoms. The molecule has 0 heterocycles. The number of rotatable bonds is 3. The molecule has 0 bridgehead atoms. The maximum absolute atomic E-state index is 10.5. The standard InChI is InChI=1S/C21H26N2O/c1-13-10-18(20(22)23-4)14(2)9-17(13)11-15-5-6-16-7-8-21(3,24)19(16)12-15/h5-6,9-10,12,24H,7-8,11H2,1-4H3,(H2,22,23). The second-order valence-electron chi connectivity index (χ2n) is 7.14. The van der Waals surface area contributed by atoms with Crippen molar-refractivity contribution in [1.29, 1.82) is 0 Å². The molecule has 0 spiro atoms. The summed E-state index contributed by atoms with van der Waals surface area (Å²) in [6.07, 6.45) is 2.64. The Balaban J connectivity index is 1.94. The van der Waals surface area contributed by atoms with Crippen molar-refractivity contribution in [2.75, 3.05) is 7.05 Å². The highest BCUT2D eigenvalue weighted by Crippen LogP contribution is 2.37. The van der Waals surface area contributed by atoms with E-state index in [-0.39, 0.29) is 0 Å². The number of aliphatic imine (C=N–C) groups is 1. The van der Waals surface area contributed by atoms with Gasteiger partial charge in [-0.25, -0.2) is 0 Å². The molecule has 3 N–H and O–H groups in total. The van der Waals surface area contributed by atoms with Crippen LogP contribution in [0.3, 0.4) is 0 Å². The summed E-state index contributed by atoms with van der Waals surface area (Å²) in [6, 6.07) is 10.9. The Morgan fingerprint density at radius 3 is 2.67 bits per heavy atom. The number of hydrogen-bond acceptors (Lipinski definition) is 2. The highest BCUT2D eigenvalue weighted by molar-refractivity contribution is 5.99. The Kier molecular flexibility index (Phi) is 4.22. The Morgan fingerprint density at radius 1 is 1.21 bits per heavy atom. The van der Waals surface area contributed by atoms with Crippen LogP contribution in [-0.4, -0.2) is 18.0 Å². The molecule has 0 saturated heterocycles. The lowest BCUT2D eigenvalue weighted by Gasteiger charge is -2.19. The van der Waals surface area contributed by atoms with Crippen LogP contribution in [0.5, 0.6) is 0 Å². The molecule has 2 aromatic rings. The van der Waals surface area contributed by atoms with Crippen LogP contribution in [0.1, 0.15) is 52.3 Å². The Labute approximate surface area is 144 Å². The highest BCUT2D eigenvalue weighted by Gasteiger charge is 2.31. The fourth-order valence-electron chi connectivity index (χ4n) is 3.65. The van der Waals surface area contributed by atoms with E-state index in [1.54, 1.807) is 7.05 Å². The average molecular weight is 322 g/mol. The second-order valence-corrected chi connectivity index (χ2v) is 7.14. The molecule has 0 aromatic heterocycles. The van der Waals surface area contributed by atoms with Crippen molar-refractivity contribution in [3.63, 3.8) is 0 Å². The SMILES string of the molecule is CN=C(N)c1cc(C)c(Cc2ccc3c(c2)C(C)(O)CC3)cc1C. The molecule has 3 rings (SSSR count). The summed E-state index contributed by atoms with van der Waals surface area (Å²) in [5, 5.41) is 10.5. The zero-order chi connectivity index (χ0) is 17.5. The van der Waals surface area contributed by atoms with Crippen molar-refractivity contribution in [3.8, 4) is 0 Å².